The highest BCUT2D eigenvalue weighted by molar-refractivity contribution is 6.16. The first-order chi connectivity index (χ1) is 22.3. The molecular formula is C38H30N2O6. The lowest BCUT2D eigenvalue weighted by Crippen LogP contribution is -2.49. The van der Waals surface area contributed by atoms with Crippen LogP contribution in [0.3, 0.4) is 0 Å². The average molecular weight is 611 g/mol. The molecule has 0 aliphatic carbocycles. The Morgan fingerprint density at radius 3 is 2.24 bits per heavy atom. The topological polar surface area (TPSA) is 102 Å². The third kappa shape index (κ3) is 4.44. The van der Waals surface area contributed by atoms with Gasteiger partial charge in [-0.05, 0) is 77.4 Å². The molecule has 4 aromatic carbocycles. The molecule has 7 rings (SSSR count). The Bertz CT molecular complexity index is 1930. The van der Waals surface area contributed by atoms with Gasteiger partial charge in [0.1, 0.15) is 29.6 Å². The van der Waals surface area contributed by atoms with Gasteiger partial charge in [-0.3, -0.25) is 19.2 Å². The minimum Gasteiger partial charge on any atom is -0.490 e. The van der Waals surface area contributed by atoms with Crippen LogP contribution in [0.2, 0.25) is 0 Å². The number of benzene rings is 4. The number of anilines is 1. The lowest BCUT2D eigenvalue weighted by molar-refractivity contribution is -0.131. The van der Waals surface area contributed by atoms with Gasteiger partial charge in [-0.1, -0.05) is 55.1 Å². The maximum Gasteiger partial charge on any atom is 0.308 e. The first-order valence-electron chi connectivity index (χ1n) is 15.0. The molecule has 0 saturated carbocycles. The minimum absolute atomic E-state index is 0.298. The largest absolute Gasteiger partial charge is 0.490 e. The number of hydrogen-bond acceptors (Lipinski definition) is 7. The molecule has 8 nitrogen and oxygen atoms in total. The van der Waals surface area contributed by atoms with E-state index in [1.165, 1.54) is 6.92 Å². The minimum atomic E-state index is -1.44. The first-order valence-corrected chi connectivity index (χ1v) is 15.0. The fourth-order valence-corrected chi connectivity index (χ4v) is 7.24. The highest BCUT2D eigenvalue weighted by atomic mass is 16.5. The van der Waals surface area contributed by atoms with E-state index in [1.807, 2.05) is 65.7 Å². The Morgan fingerprint density at radius 1 is 0.870 bits per heavy atom. The van der Waals surface area contributed by atoms with Crippen LogP contribution in [-0.4, -0.2) is 41.0 Å². The third-order valence-electron chi connectivity index (χ3n) is 9.03. The second kappa shape index (κ2) is 11.3. The molecule has 228 valence electrons. The van der Waals surface area contributed by atoms with Gasteiger partial charge in [-0.25, -0.2) is 0 Å². The van der Waals surface area contributed by atoms with Gasteiger partial charge in [-0.15, -0.1) is 0 Å². The van der Waals surface area contributed by atoms with Gasteiger partial charge >= 0.3 is 5.97 Å². The van der Waals surface area contributed by atoms with E-state index in [0.717, 1.165) is 11.1 Å². The number of nitrogens with one attached hydrogen (secondary N) is 1. The second-order valence-corrected chi connectivity index (χ2v) is 11.6. The average Bonchev–Trinajstić information content (AvgIpc) is 3.55. The molecule has 1 spiro atoms. The molecule has 1 fully saturated rings. The highest BCUT2D eigenvalue weighted by Crippen LogP contribution is 2.62. The summed E-state index contributed by atoms with van der Waals surface area (Å²) < 4.78 is 10.8. The molecule has 46 heavy (non-hydrogen) atoms. The Kier molecular flexibility index (Phi) is 7.12. The van der Waals surface area contributed by atoms with Gasteiger partial charge in [0.2, 0.25) is 5.91 Å². The van der Waals surface area contributed by atoms with Crippen molar-refractivity contribution in [3.63, 3.8) is 0 Å². The van der Waals surface area contributed by atoms with Crippen molar-refractivity contribution >= 4 is 35.2 Å². The van der Waals surface area contributed by atoms with E-state index in [1.54, 1.807) is 54.6 Å². The van der Waals surface area contributed by atoms with Crippen LogP contribution in [0.25, 0.3) is 6.08 Å². The number of amides is 1. The maximum absolute atomic E-state index is 15.0. The standard InChI is InChI=1S/C38H30N2O6/c1-3-22-45-27-16-12-25(13-17-27)34(42)32-33(35(43)26-14-18-28(19-15-26)46-23(2)41)40-21-20-24-8-4-5-9-29(24)36(40)38(32)30-10-6-7-11-31(30)39-37(38)44/h3-21,32-33,36H,1,22H2,2H3,(H,39,44). The van der Waals surface area contributed by atoms with E-state index < -0.39 is 29.4 Å². The van der Waals surface area contributed by atoms with Crippen LogP contribution >= 0.6 is 0 Å². The number of nitrogens with zero attached hydrogens (tertiary/aromatic N) is 1. The lowest BCUT2D eigenvalue weighted by Gasteiger charge is -2.38. The van der Waals surface area contributed by atoms with Crippen LogP contribution in [0, 0.1) is 5.92 Å². The van der Waals surface area contributed by atoms with Crippen molar-refractivity contribution < 1.29 is 28.7 Å². The summed E-state index contributed by atoms with van der Waals surface area (Å²) in [6.07, 6.45) is 5.38. The SMILES string of the molecule is C=CCOc1ccc(C(=O)C2C(C(=O)c3ccc(OC(C)=O)cc3)N3C=Cc4ccccc4C3C23C(=O)Nc2ccccc23)cc1. The van der Waals surface area contributed by atoms with E-state index in [4.69, 9.17) is 9.47 Å². The van der Waals surface area contributed by atoms with Crippen LogP contribution in [0.1, 0.15) is 50.4 Å². The molecule has 0 aromatic heterocycles. The van der Waals surface area contributed by atoms with Gasteiger partial charge in [-0.2, -0.15) is 0 Å². The van der Waals surface area contributed by atoms with Crippen LogP contribution in [0.4, 0.5) is 5.69 Å². The van der Waals surface area contributed by atoms with Gasteiger partial charge in [0.15, 0.2) is 11.6 Å². The van der Waals surface area contributed by atoms with Crippen molar-refractivity contribution in [2.24, 2.45) is 5.92 Å². The summed E-state index contributed by atoms with van der Waals surface area (Å²) in [5, 5.41) is 3.06. The number of ketones is 2. The summed E-state index contributed by atoms with van der Waals surface area (Å²) in [5.41, 5.74) is 2.28. The molecule has 0 bridgehead atoms. The second-order valence-electron chi connectivity index (χ2n) is 11.6. The number of carbonyl (C=O) groups is 4. The van der Waals surface area contributed by atoms with E-state index in [9.17, 15) is 19.2 Å². The summed E-state index contributed by atoms with van der Waals surface area (Å²) in [6, 6.07) is 26.5. The molecule has 1 amide bonds. The number of para-hydroxylation sites is 1. The van der Waals surface area contributed by atoms with E-state index >= 15 is 0 Å². The molecule has 4 aromatic rings. The molecule has 4 unspecified atom stereocenters. The Hall–Kier alpha value is -5.76. The summed E-state index contributed by atoms with van der Waals surface area (Å²) in [4.78, 5) is 57.7. The summed E-state index contributed by atoms with van der Waals surface area (Å²) in [5.74, 6) is -1.73. The van der Waals surface area contributed by atoms with Crippen molar-refractivity contribution in [3.05, 3.63) is 144 Å². The quantitative estimate of drug-likeness (QED) is 0.110. The normalized spacial score (nSPS) is 22.0. The number of carbonyl (C=O) groups excluding carboxylic acids is 4. The van der Waals surface area contributed by atoms with Gasteiger partial charge in [0.25, 0.3) is 0 Å². The van der Waals surface area contributed by atoms with E-state index in [2.05, 4.69) is 11.9 Å². The zero-order chi connectivity index (χ0) is 32.0. The zero-order valence-corrected chi connectivity index (χ0v) is 25.0. The number of Topliss-reactive ketones (excluding diaryl/α,β-unsaturated/α-hetero) is 2. The maximum atomic E-state index is 15.0. The van der Waals surface area contributed by atoms with Gasteiger partial charge < -0.3 is 19.7 Å². The van der Waals surface area contributed by atoms with Crippen LogP contribution in [-0.2, 0) is 15.0 Å². The van der Waals surface area contributed by atoms with Crippen molar-refractivity contribution in [1.82, 2.24) is 4.90 Å². The fourth-order valence-electron chi connectivity index (χ4n) is 7.24. The Balaban J connectivity index is 1.44. The number of esters is 1. The number of ether oxygens (including phenoxy) is 2. The van der Waals surface area contributed by atoms with E-state index in [0.29, 0.717) is 40.5 Å². The molecule has 4 atom stereocenters. The lowest BCUT2D eigenvalue weighted by atomic mass is 9.62. The van der Waals surface area contributed by atoms with Gasteiger partial charge in [0, 0.05) is 29.9 Å². The Labute approximate surface area is 265 Å². The highest BCUT2D eigenvalue weighted by Gasteiger charge is 2.70. The predicted octanol–water partition coefficient (Wildman–Crippen LogP) is 6.16. The molecule has 3 aliphatic heterocycles. The molecule has 1 saturated heterocycles. The molecular weight excluding hydrogens is 580 g/mol. The molecule has 0 radical (unpaired) electrons. The fraction of sp³-hybridized carbons (Fsp3) is 0.158. The third-order valence-corrected chi connectivity index (χ3v) is 9.03. The van der Waals surface area contributed by atoms with Crippen molar-refractivity contribution in [2.75, 3.05) is 11.9 Å². The summed E-state index contributed by atoms with van der Waals surface area (Å²) >= 11 is 0. The number of hydrogen-bond donors (Lipinski definition) is 1. The zero-order valence-electron chi connectivity index (χ0n) is 25.0. The molecule has 3 heterocycles. The number of rotatable bonds is 8. The summed E-state index contributed by atoms with van der Waals surface area (Å²) in [6.45, 7) is 5.29. The Morgan fingerprint density at radius 2 is 1.52 bits per heavy atom. The molecule has 1 N–H and O–H groups in total. The molecule has 8 heteroatoms. The summed E-state index contributed by atoms with van der Waals surface area (Å²) in [7, 11) is 0. The molecule has 3 aliphatic rings. The smallest absolute Gasteiger partial charge is 0.308 e. The van der Waals surface area contributed by atoms with Gasteiger partial charge in [0.05, 0.1) is 12.0 Å². The van der Waals surface area contributed by atoms with Crippen LogP contribution in [0.5, 0.6) is 11.5 Å². The van der Waals surface area contributed by atoms with E-state index in [-0.39, 0.29) is 17.5 Å². The monoisotopic (exact) mass is 610 g/mol. The number of fused-ring (bicyclic) bond motifs is 6. The van der Waals surface area contributed by atoms with Crippen molar-refractivity contribution in [2.45, 2.75) is 24.4 Å². The predicted molar refractivity (Wildman–Crippen MR) is 173 cm³/mol. The van der Waals surface area contributed by atoms with Crippen LogP contribution in [0.15, 0.2) is 116 Å². The van der Waals surface area contributed by atoms with Crippen molar-refractivity contribution in [1.29, 1.82) is 0 Å². The van der Waals surface area contributed by atoms with Crippen LogP contribution < -0.4 is 14.8 Å². The van der Waals surface area contributed by atoms with Crippen molar-refractivity contribution in [3.8, 4) is 11.5 Å². The first kappa shape index (κ1) is 29.0.